The van der Waals surface area contributed by atoms with Crippen LogP contribution in [0.4, 0.5) is 8.78 Å². The van der Waals surface area contributed by atoms with Gasteiger partial charge in [0.1, 0.15) is 11.6 Å². The summed E-state index contributed by atoms with van der Waals surface area (Å²) in [6.45, 7) is 1.95. The van der Waals surface area contributed by atoms with Gasteiger partial charge in [-0.15, -0.1) is 0 Å². The number of halogens is 2. The van der Waals surface area contributed by atoms with Gasteiger partial charge in [-0.05, 0) is 53.3 Å². The molecule has 0 aliphatic rings. The predicted molar refractivity (Wildman–Crippen MR) is 71.8 cm³/mol. The summed E-state index contributed by atoms with van der Waals surface area (Å²) in [6, 6.07) is 9.35. The maximum atomic E-state index is 13.4. The molecule has 0 amide bonds. The van der Waals surface area contributed by atoms with E-state index in [0.29, 0.717) is 5.56 Å². The molecular formula is C16H11F2N. The molecule has 1 aromatic heterocycles. The average molecular weight is 255 g/mol. The molecule has 0 fully saturated rings. The summed E-state index contributed by atoms with van der Waals surface area (Å²) in [5.41, 5.74) is 2.38. The summed E-state index contributed by atoms with van der Waals surface area (Å²) in [5, 5.41) is 1.90. The zero-order valence-corrected chi connectivity index (χ0v) is 10.3. The second-order valence-electron chi connectivity index (χ2n) is 4.57. The SMILES string of the molecule is Cc1cc(-c2cc(F)cc(F)c2)c2ccncc2c1. The smallest absolute Gasteiger partial charge is 0.126 e. The van der Waals surface area contributed by atoms with Gasteiger partial charge in [-0.2, -0.15) is 0 Å². The van der Waals surface area contributed by atoms with Crippen molar-refractivity contribution in [3.05, 3.63) is 66.0 Å². The standard InChI is InChI=1S/C16H11F2N/c1-10-4-12-9-19-3-2-15(12)16(5-10)11-6-13(17)8-14(18)7-11/h2-9H,1H3. The van der Waals surface area contributed by atoms with Crippen molar-refractivity contribution in [1.82, 2.24) is 4.98 Å². The van der Waals surface area contributed by atoms with Gasteiger partial charge >= 0.3 is 0 Å². The molecule has 3 heteroatoms. The monoisotopic (exact) mass is 255 g/mol. The molecule has 0 atom stereocenters. The fourth-order valence-electron chi connectivity index (χ4n) is 2.31. The summed E-state index contributed by atoms with van der Waals surface area (Å²) < 4.78 is 26.7. The number of aromatic nitrogens is 1. The molecule has 0 bridgehead atoms. The largest absolute Gasteiger partial charge is 0.264 e. The number of pyridine rings is 1. The van der Waals surface area contributed by atoms with Gasteiger partial charge in [0.25, 0.3) is 0 Å². The minimum Gasteiger partial charge on any atom is -0.264 e. The van der Waals surface area contributed by atoms with E-state index in [-0.39, 0.29) is 0 Å². The molecule has 94 valence electrons. The Hall–Kier alpha value is -2.29. The Balaban J connectivity index is 2.35. The van der Waals surface area contributed by atoms with Gasteiger partial charge in [-0.3, -0.25) is 4.98 Å². The maximum absolute atomic E-state index is 13.4. The molecule has 2 aromatic carbocycles. The Morgan fingerprint density at radius 1 is 0.947 bits per heavy atom. The zero-order valence-electron chi connectivity index (χ0n) is 10.3. The van der Waals surface area contributed by atoms with Crippen molar-refractivity contribution in [2.45, 2.75) is 6.92 Å². The van der Waals surface area contributed by atoms with Crippen LogP contribution in [0.5, 0.6) is 0 Å². The molecule has 0 saturated carbocycles. The van der Waals surface area contributed by atoms with Gasteiger partial charge < -0.3 is 0 Å². The topological polar surface area (TPSA) is 12.9 Å². The summed E-state index contributed by atoms with van der Waals surface area (Å²) in [4.78, 5) is 4.08. The Kier molecular flexibility index (Phi) is 2.75. The van der Waals surface area contributed by atoms with E-state index < -0.39 is 11.6 Å². The molecule has 1 heterocycles. The molecule has 0 saturated heterocycles. The van der Waals surface area contributed by atoms with Gasteiger partial charge in [0.05, 0.1) is 0 Å². The Bertz CT molecular complexity index is 746. The third-order valence-electron chi connectivity index (χ3n) is 3.07. The predicted octanol–water partition coefficient (Wildman–Crippen LogP) is 4.49. The highest BCUT2D eigenvalue weighted by atomic mass is 19.1. The normalized spacial score (nSPS) is 10.9. The molecular weight excluding hydrogens is 244 g/mol. The van der Waals surface area contributed by atoms with Crippen molar-refractivity contribution in [1.29, 1.82) is 0 Å². The highest BCUT2D eigenvalue weighted by molar-refractivity contribution is 5.96. The third-order valence-corrected chi connectivity index (χ3v) is 3.07. The van der Waals surface area contributed by atoms with Crippen LogP contribution in [0.25, 0.3) is 21.9 Å². The first-order chi connectivity index (χ1) is 9.13. The van der Waals surface area contributed by atoms with Crippen LogP contribution in [-0.4, -0.2) is 4.98 Å². The van der Waals surface area contributed by atoms with Crippen LogP contribution >= 0.6 is 0 Å². The molecule has 0 unspecified atom stereocenters. The van der Waals surface area contributed by atoms with E-state index in [4.69, 9.17) is 0 Å². The van der Waals surface area contributed by atoms with Crippen LogP contribution in [0.3, 0.4) is 0 Å². The second kappa shape index (κ2) is 4.43. The average Bonchev–Trinajstić information content (AvgIpc) is 2.36. The fraction of sp³-hybridized carbons (Fsp3) is 0.0625. The van der Waals surface area contributed by atoms with Gasteiger partial charge in [-0.1, -0.05) is 6.07 Å². The maximum Gasteiger partial charge on any atom is 0.126 e. The van der Waals surface area contributed by atoms with Gasteiger partial charge in [0.2, 0.25) is 0 Å². The van der Waals surface area contributed by atoms with Crippen LogP contribution in [0.2, 0.25) is 0 Å². The minimum atomic E-state index is -0.571. The van der Waals surface area contributed by atoms with Crippen LogP contribution in [0.15, 0.2) is 48.8 Å². The van der Waals surface area contributed by atoms with Crippen molar-refractivity contribution < 1.29 is 8.78 Å². The number of fused-ring (bicyclic) bond motifs is 1. The highest BCUT2D eigenvalue weighted by Gasteiger charge is 2.08. The third kappa shape index (κ3) is 2.19. The van der Waals surface area contributed by atoms with Gasteiger partial charge in [0, 0.05) is 23.8 Å². The number of aryl methyl sites for hydroxylation is 1. The van der Waals surface area contributed by atoms with Crippen LogP contribution in [0.1, 0.15) is 5.56 Å². The second-order valence-corrected chi connectivity index (χ2v) is 4.57. The van der Waals surface area contributed by atoms with Crippen LogP contribution in [0, 0.1) is 18.6 Å². The van der Waals surface area contributed by atoms with E-state index in [1.54, 1.807) is 12.4 Å². The van der Waals surface area contributed by atoms with Crippen molar-refractivity contribution in [2.75, 3.05) is 0 Å². The lowest BCUT2D eigenvalue weighted by atomic mass is 9.97. The van der Waals surface area contributed by atoms with E-state index in [9.17, 15) is 8.78 Å². The zero-order chi connectivity index (χ0) is 13.4. The van der Waals surface area contributed by atoms with Gasteiger partial charge in [-0.25, -0.2) is 8.78 Å². The van der Waals surface area contributed by atoms with E-state index in [1.165, 1.54) is 12.1 Å². The molecule has 3 aromatic rings. The first-order valence-electron chi connectivity index (χ1n) is 5.94. The highest BCUT2D eigenvalue weighted by Crippen LogP contribution is 2.30. The summed E-state index contributed by atoms with van der Waals surface area (Å²) in [7, 11) is 0. The van der Waals surface area contributed by atoms with Crippen LogP contribution in [-0.2, 0) is 0 Å². The quantitative estimate of drug-likeness (QED) is 0.624. The summed E-state index contributed by atoms with van der Waals surface area (Å²) in [5.74, 6) is -1.14. The summed E-state index contributed by atoms with van der Waals surface area (Å²) in [6.07, 6.45) is 3.43. The first-order valence-corrected chi connectivity index (χ1v) is 5.94. The molecule has 0 aliphatic heterocycles. The number of benzene rings is 2. The van der Waals surface area contributed by atoms with Crippen molar-refractivity contribution in [3.63, 3.8) is 0 Å². The van der Waals surface area contributed by atoms with E-state index in [2.05, 4.69) is 4.98 Å². The lowest BCUT2D eigenvalue weighted by Crippen LogP contribution is -1.88. The Morgan fingerprint density at radius 2 is 1.68 bits per heavy atom. The minimum absolute atomic E-state index is 0.539. The molecule has 0 N–H and O–H groups in total. The molecule has 3 rings (SSSR count). The molecule has 1 nitrogen and oxygen atoms in total. The molecule has 0 radical (unpaired) electrons. The van der Waals surface area contributed by atoms with Crippen molar-refractivity contribution >= 4 is 10.8 Å². The van der Waals surface area contributed by atoms with Crippen molar-refractivity contribution in [3.8, 4) is 11.1 Å². The molecule has 0 spiro atoms. The lowest BCUT2D eigenvalue weighted by molar-refractivity contribution is 0.584. The summed E-state index contributed by atoms with van der Waals surface area (Å²) >= 11 is 0. The van der Waals surface area contributed by atoms with E-state index in [0.717, 1.165) is 28.0 Å². The number of nitrogens with zero attached hydrogens (tertiary/aromatic N) is 1. The van der Waals surface area contributed by atoms with Gasteiger partial charge in [0.15, 0.2) is 0 Å². The number of hydrogen-bond acceptors (Lipinski definition) is 1. The Labute approximate surface area is 109 Å². The van der Waals surface area contributed by atoms with E-state index in [1.807, 2.05) is 25.1 Å². The number of hydrogen-bond donors (Lipinski definition) is 0. The Morgan fingerprint density at radius 3 is 2.42 bits per heavy atom. The number of rotatable bonds is 1. The molecule has 0 aliphatic carbocycles. The fourth-order valence-corrected chi connectivity index (χ4v) is 2.31. The van der Waals surface area contributed by atoms with Crippen molar-refractivity contribution in [2.24, 2.45) is 0 Å². The van der Waals surface area contributed by atoms with Crippen LogP contribution < -0.4 is 0 Å². The molecule has 19 heavy (non-hydrogen) atoms. The lowest BCUT2D eigenvalue weighted by Gasteiger charge is -2.09. The van der Waals surface area contributed by atoms with E-state index >= 15 is 0 Å². The first kappa shape index (κ1) is 11.8.